The number of hydrogen-bond acceptors (Lipinski definition) is 4. The van der Waals surface area contributed by atoms with E-state index in [-0.39, 0.29) is 18.2 Å². The molecule has 6 nitrogen and oxygen atoms in total. The maximum atomic E-state index is 13.2. The van der Waals surface area contributed by atoms with E-state index in [4.69, 9.17) is 4.42 Å². The average molecular weight is 360 g/mol. The second-order valence-corrected chi connectivity index (χ2v) is 8.63. The van der Waals surface area contributed by atoms with Gasteiger partial charge in [-0.05, 0) is 43.0 Å². The molecule has 7 heteroatoms. The highest BCUT2D eigenvalue weighted by atomic mass is 32.2. The molecular formula is C18H20N2O4S. The first-order chi connectivity index (χ1) is 12.1. The number of likely N-dealkylation sites (tertiary alicyclic amines) is 1. The Balaban J connectivity index is 1.56. The Morgan fingerprint density at radius 3 is 2.76 bits per heavy atom. The Bertz CT molecular complexity index is 876. The zero-order valence-corrected chi connectivity index (χ0v) is 14.6. The summed E-state index contributed by atoms with van der Waals surface area (Å²) in [6.07, 6.45) is 3.43. The highest BCUT2D eigenvalue weighted by Crippen LogP contribution is 2.33. The molecule has 1 fully saturated rings. The van der Waals surface area contributed by atoms with Gasteiger partial charge in [0.05, 0.1) is 17.2 Å². The van der Waals surface area contributed by atoms with Crippen LogP contribution in [0.1, 0.15) is 29.0 Å². The van der Waals surface area contributed by atoms with Gasteiger partial charge in [-0.15, -0.1) is 0 Å². The summed E-state index contributed by atoms with van der Waals surface area (Å²) in [6, 6.07) is 10.9. The van der Waals surface area contributed by atoms with Crippen LogP contribution in [-0.4, -0.2) is 44.1 Å². The molecule has 2 aliphatic heterocycles. The number of nitrogens with zero attached hydrogens (tertiary/aromatic N) is 2. The Hall–Kier alpha value is -2.28. The van der Waals surface area contributed by atoms with Crippen molar-refractivity contribution < 1.29 is 17.6 Å². The summed E-state index contributed by atoms with van der Waals surface area (Å²) in [5, 5.41) is -0.577. The molecule has 3 heterocycles. The smallest absolute Gasteiger partial charge is 0.289 e. The number of sulfonamides is 1. The number of rotatable bonds is 3. The standard InChI is InChI=1S/C18H20N2O4S/c21-18(17-8-4-12-24-17)19-10-3-6-15(13-19)25(22,23)20-11-9-14-5-1-2-7-16(14)20/h1-2,4-5,7-8,12,15H,3,6,9-11,13H2/t15-/m0/s1. The second kappa shape index (κ2) is 6.22. The van der Waals surface area contributed by atoms with E-state index in [1.807, 2.05) is 24.3 Å². The SMILES string of the molecule is O=C(c1ccco1)N1CCC[C@H](S(=O)(=O)N2CCc3ccccc32)C1. The molecule has 0 radical (unpaired) electrons. The van der Waals surface area contributed by atoms with Gasteiger partial charge in [-0.2, -0.15) is 0 Å². The van der Waals surface area contributed by atoms with Crippen molar-refractivity contribution in [2.24, 2.45) is 0 Å². The predicted molar refractivity (Wildman–Crippen MR) is 94.0 cm³/mol. The number of fused-ring (bicyclic) bond motifs is 1. The molecule has 1 atom stereocenters. The molecule has 132 valence electrons. The van der Waals surface area contributed by atoms with E-state index >= 15 is 0 Å². The van der Waals surface area contributed by atoms with Gasteiger partial charge < -0.3 is 9.32 Å². The van der Waals surface area contributed by atoms with Gasteiger partial charge in [0.25, 0.3) is 5.91 Å². The fourth-order valence-corrected chi connectivity index (χ4v) is 5.66. The lowest BCUT2D eigenvalue weighted by Gasteiger charge is -2.34. The van der Waals surface area contributed by atoms with Crippen molar-refractivity contribution in [1.29, 1.82) is 0 Å². The number of carbonyl (C=O) groups excluding carboxylic acids is 1. The van der Waals surface area contributed by atoms with E-state index in [0.717, 1.165) is 17.7 Å². The molecule has 0 unspecified atom stereocenters. The Morgan fingerprint density at radius 2 is 1.96 bits per heavy atom. The van der Waals surface area contributed by atoms with Crippen LogP contribution in [0.4, 0.5) is 5.69 Å². The molecule has 0 N–H and O–H groups in total. The van der Waals surface area contributed by atoms with E-state index < -0.39 is 15.3 Å². The topological polar surface area (TPSA) is 70.8 Å². The minimum Gasteiger partial charge on any atom is -0.459 e. The first-order valence-electron chi connectivity index (χ1n) is 8.49. The number of benzene rings is 1. The molecule has 0 saturated carbocycles. The van der Waals surface area contributed by atoms with Crippen molar-refractivity contribution in [2.75, 3.05) is 23.9 Å². The molecule has 2 aromatic rings. The Labute approximate surface area is 147 Å². The zero-order chi connectivity index (χ0) is 17.4. The number of hydrogen-bond donors (Lipinski definition) is 0. The highest BCUT2D eigenvalue weighted by molar-refractivity contribution is 7.93. The number of amides is 1. The van der Waals surface area contributed by atoms with Gasteiger partial charge in [0.1, 0.15) is 0 Å². The third kappa shape index (κ3) is 2.82. The summed E-state index contributed by atoms with van der Waals surface area (Å²) < 4.78 is 33.0. The lowest BCUT2D eigenvalue weighted by Crippen LogP contribution is -2.49. The van der Waals surface area contributed by atoms with Crippen LogP contribution in [0.5, 0.6) is 0 Å². The van der Waals surface area contributed by atoms with Crippen molar-refractivity contribution in [1.82, 2.24) is 4.90 Å². The molecule has 0 spiro atoms. The monoisotopic (exact) mass is 360 g/mol. The van der Waals surface area contributed by atoms with E-state index in [1.54, 1.807) is 17.0 Å². The summed E-state index contributed by atoms with van der Waals surface area (Å²) in [7, 11) is -3.50. The molecule has 1 aromatic carbocycles. The van der Waals surface area contributed by atoms with Crippen LogP contribution in [-0.2, 0) is 16.4 Å². The summed E-state index contributed by atoms with van der Waals surface area (Å²) in [4.78, 5) is 14.1. The van der Waals surface area contributed by atoms with Gasteiger partial charge in [0, 0.05) is 19.6 Å². The molecule has 0 aliphatic carbocycles. The fourth-order valence-electron chi connectivity index (χ4n) is 3.67. The van der Waals surface area contributed by atoms with Gasteiger partial charge in [-0.3, -0.25) is 9.10 Å². The van der Waals surface area contributed by atoms with Crippen molar-refractivity contribution in [3.8, 4) is 0 Å². The van der Waals surface area contributed by atoms with Crippen LogP contribution in [0.2, 0.25) is 0 Å². The van der Waals surface area contributed by atoms with Gasteiger partial charge in [-0.1, -0.05) is 18.2 Å². The summed E-state index contributed by atoms with van der Waals surface area (Å²) in [6.45, 7) is 1.24. The lowest BCUT2D eigenvalue weighted by molar-refractivity contribution is 0.0694. The quantitative estimate of drug-likeness (QED) is 0.842. The Morgan fingerprint density at radius 1 is 1.12 bits per heavy atom. The zero-order valence-electron chi connectivity index (χ0n) is 13.8. The van der Waals surface area contributed by atoms with Crippen LogP contribution in [0.3, 0.4) is 0 Å². The van der Waals surface area contributed by atoms with Crippen molar-refractivity contribution in [3.05, 3.63) is 54.0 Å². The minimum absolute atomic E-state index is 0.209. The first kappa shape index (κ1) is 16.2. The third-order valence-corrected chi connectivity index (χ3v) is 7.19. The number of carbonyl (C=O) groups is 1. The third-order valence-electron chi connectivity index (χ3n) is 4.97. The molecule has 1 saturated heterocycles. The Kier molecular flexibility index (Phi) is 4.03. The number of para-hydroxylation sites is 1. The van der Waals surface area contributed by atoms with Gasteiger partial charge in [0.15, 0.2) is 5.76 Å². The summed E-state index contributed by atoms with van der Waals surface area (Å²) in [5.41, 5.74) is 1.84. The largest absolute Gasteiger partial charge is 0.459 e. The lowest BCUT2D eigenvalue weighted by atomic mass is 10.1. The second-order valence-electron chi connectivity index (χ2n) is 6.49. The molecule has 25 heavy (non-hydrogen) atoms. The highest BCUT2D eigenvalue weighted by Gasteiger charge is 2.39. The van der Waals surface area contributed by atoms with Gasteiger partial charge in [0.2, 0.25) is 10.0 Å². The van der Waals surface area contributed by atoms with Crippen LogP contribution < -0.4 is 4.31 Å². The molecule has 4 rings (SSSR count). The first-order valence-corrected chi connectivity index (χ1v) is 10.00. The minimum atomic E-state index is -3.50. The molecular weight excluding hydrogens is 340 g/mol. The summed E-state index contributed by atoms with van der Waals surface area (Å²) in [5.74, 6) is 0.0105. The average Bonchev–Trinajstić information content (AvgIpc) is 3.31. The maximum Gasteiger partial charge on any atom is 0.289 e. The van der Waals surface area contributed by atoms with E-state index in [2.05, 4.69) is 0 Å². The predicted octanol–water partition coefficient (Wildman–Crippen LogP) is 2.28. The van der Waals surface area contributed by atoms with Crippen molar-refractivity contribution >= 4 is 21.6 Å². The number of furan rings is 1. The normalized spacial score (nSPS) is 20.6. The van der Waals surface area contributed by atoms with Crippen LogP contribution >= 0.6 is 0 Å². The van der Waals surface area contributed by atoms with Crippen LogP contribution in [0.25, 0.3) is 0 Å². The van der Waals surface area contributed by atoms with E-state index in [1.165, 1.54) is 10.6 Å². The number of piperidine rings is 1. The van der Waals surface area contributed by atoms with Crippen molar-refractivity contribution in [2.45, 2.75) is 24.5 Å². The van der Waals surface area contributed by atoms with Crippen molar-refractivity contribution in [3.63, 3.8) is 0 Å². The number of anilines is 1. The van der Waals surface area contributed by atoms with Gasteiger partial charge >= 0.3 is 0 Å². The maximum absolute atomic E-state index is 13.2. The molecule has 1 amide bonds. The van der Waals surface area contributed by atoms with E-state index in [0.29, 0.717) is 25.9 Å². The van der Waals surface area contributed by atoms with Crippen LogP contribution in [0.15, 0.2) is 47.1 Å². The van der Waals surface area contributed by atoms with E-state index in [9.17, 15) is 13.2 Å². The molecule has 1 aromatic heterocycles. The summed E-state index contributed by atoms with van der Waals surface area (Å²) >= 11 is 0. The molecule has 2 aliphatic rings. The fraction of sp³-hybridized carbons (Fsp3) is 0.389. The van der Waals surface area contributed by atoms with Crippen LogP contribution in [0, 0.1) is 0 Å². The molecule has 0 bridgehead atoms. The van der Waals surface area contributed by atoms with Gasteiger partial charge in [-0.25, -0.2) is 8.42 Å².